The quantitative estimate of drug-likeness (QED) is 0.575. The summed E-state index contributed by atoms with van der Waals surface area (Å²) in [5.74, 6) is 0.724. The fraction of sp³-hybridized carbons (Fsp3) is 0.118. The summed E-state index contributed by atoms with van der Waals surface area (Å²) in [6.45, 7) is 2.02. The number of hydrogen-bond acceptors (Lipinski definition) is 4. The maximum atomic E-state index is 8.09. The average Bonchev–Trinajstić information content (AvgIpc) is 2.54. The van der Waals surface area contributed by atoms with E-state index in [1.54, 1.807) is 0 Å². The van der Waals surface area contributed by atoms with Crippen LogP contribution in [0.25, 0.3) is 10.9 Å². The van der Waals surface area contributed by atoms with E-state index in [-0.39, 0.29) is 5.62 Å². The molecule has 5 nitrogen and oxygen atoms in total. The summed E-state index contributed by atoms with van der Waals surface area (Å²) < 4.78 is 1.48. The lowest BCUT2D eigenvalue weighted by atomic mass is 10.1. The minimum atomic E-state index is 0.0471. The van der Waals surface area contributed by atoms with Gasteiger partial charge in [-0.25, -0.2) is 0 Å². The van der Waals surface area contributed by atoms with Crippen LogP contribution in [0.2, 0.25) is 0 Å². The normalized spacial score (nSPS) is 10.6. The highest BCUT2D eigenvalue weighted by Crippen LogP contribution is 2.29. The molecule has 0 unspecified atom stereocenters. The first kappa shape index (κ1) is 14.0. The van der Waals surface area contributed by atoms with Crippen molar-refractivity contribution in [1.82, 2.24) is 9.55 Å². The summed E-state index contributed by atoms with van der Waals surface area (Å²) in [6.07, 6.45) is 1.13. The maximum absolute atomic E-state index is 8.09. The Morgan fingerprint density at radius 3 is 2.50 bits per heavy atom. The van der Waals surface area contributed by atoms with Crippen molar-refractivity contribution in [2.24, 2.45) is 0 Å². The molecule has 0 saturated carbocycles. The van der Waals surface area contributed by atoms with Gasteiger partial charge in [0.1, 0.15) is 5.82 Å². The Labute approximate surface area is 128 Å². The lowest BCUT2D eigenvalue weighted by Crippen LogP contribution is -2.26. The van der Waals surface area contributed by atoms with Crippen molar-refractivity contribution >= 4 is 28.7 Å². The first-order valence-corrected chi connectivity index (χ1v) is 6.99. The zero-order valence-corrected chi connectivity index (χ0v) is 12.5. The number of hydrogen-bond donors (Lipinski definition) is 2. The molecule has 0 saturated heterocycles. The molecule has 0 amide bonds. The number of aryl methyl sites for hydroxylation is 1. The maximum Gasteiger partial charge on any atom is 0.229 e. The van der Waals surface area contributed by atoms with Gasteiger partial charge < -0.3 is 4.90 Å². The standard InChI is InChI=1S/C17H17N5/c1-12-7-6-10-14-15(12)16(20-17(19)22(14)11-18)21(2)13-8-4-3-5-9-13/h3-11,18-19H,1-2H3. The van der Waals surface area contributed by atoms with Gasteiger partial charge in [0, 0.05) is 18.1 Å². The van der Waals surface area contributed by atoms with Crippen LogP contribution in [0.5, 0.6) is 0 Å². The molecule has 3 aromatic rings. The van der Waals surface area contributed by atoms with Crippen LogP contribution in [0.15, 0.2) is 48.5 Å². The predicted molar refractivity (Wildman–Crippen MR) is 89.0 cm³/mol. The summed E-state index contributed by atoms with van der Waals surface area (Å²) in [7, 11) is 1.94. The number of rotatable bonds is 3. The molecule has 0 spiro atoms. The van der Waals surface area contributed by atoms with Crippen LogP contribution < -0.4 is 10.5 Å². The molecule has 2 N–H and O–H groups in total. The van der Waals surface area contributed by atoms with Crippen LogP contribution in [0, 0.1) is 17.7 Å². The second-order valence-corrected chi connectivity index (χ2v) is 5.12. The summed E-state index contributed by atoms with van der Waals surface area (Å²) in [5, 5.41) is 16.6. The average molecular weight is 291 g/mol. The van der Waals surface area contributed by atoms with E-state index in [1.807, 2.05) is 67.4 Å². The molecule has 0 bridgehead atoms. The van der Waals surface area contributed by atoms with Crippen LogP contribution in [-0.4, -0.2) is 22.9 Å². The Balaban J connectivity index is 2.35. The number of para-hydroxylation sites is 1. The molecule has 0 fully saturated rings. The minimum absolute atomic E-state index is 0.0471. The van der Waals surface area contributed by atoms with Gasteiger partial charge in [-0.05, 0) is 30.7 Å². The zero-order valence-electron chi connectivity index (χ0n) is 12.5. The lowest BCUT2D eigenvalue weighted by Gasteiger charge is -2.22. The van der Waals surface area contributed by atoms with Crippen LogP contribution in [0.3, 0.4) is 0 Å². The third-order valence-corrected chi connectivity index (χ3v) is 3.76. The van der Waals surface area contributed by atoms with Crippen molar-refractivity contribution in [1.29, 1.82) is 10.8 Å². The van der Waals surface area contributed by atoms with Crippen LogP contribution in [0.4, 0.5) is 11.5 Å². The third-order valence-electron chi connectivity index (χ3n) is 3.76. The van der Waals surface area contributed by atoms with Crippen molar-refractivity contribution in [3.05, 3.63) is 59.7 Å². The number of fused-ring (bicyclic) bond motifs is 1. The fourth-order valence-electron chi connectivity index (χ4n) is 2.62. The number of nitrogens with one attached hydrogen (secondary N) is 2. The van der Waals surface area contributed by atoms with E-state index in [0.717, 1.165) is 34.3 Å². The third kappa shape index (κ3) is 2.16. The summed E-state index contributed by atoms with van der Waals surface area (Å²) >= 11 is 0. The van der Waals surface area contributed by atoms with E-state index >= 15 is 0 Å². The second kappa shape index (κ2) is 5.44. The van der Waals surface area contributed by atoms with E-state index in [0.29, 0.717) is 0 Å². The first-order chi connectivity index (χ1) is 10.6. The Hall–Kier alpha value is -2.95. The van der Waals surface area contributed by atoms with Gasteiger partial charge in [-0.15, -0.1) is 0 Å². The molecule has 0 aliphatic rings. The largest absolute Gasteiger partial charge is 0.329 e. The van der Waals surface area contributed by atoms with E-state index < -0.39 is 0 Å². The molecule has 1 aromatic heterocycles. The highest BCUT2D eigenvalue weighted by molar-refractivity contribution is 5.96. The monoisotopic (exact) mass is 291 g/mol. The number of nitrogens with zero attached hydrogens (tertiary/aromatic N) is 3. The molecule has 3 rings (SSSR count). The number of anilines is 2. The van der Waals surface area contributed by atoms with Crippen molar-refractivity contribution in [3.63, 3.8) is 0 Å². The Morgan fingerprint density at radius 2 is 1.82 bits per heavy atom. The topological polar surface area (TPSA) is 68.8 Å². The predicted octanol–water partition coefficient (Wildman–Crippen LogP) is 3.05. The first-order valence-electron chi connectivity index (χ1n) is 6.99. The smallest absolute Gasteiger partial charge is 0.229 e. The van der Waals surface area contributed by atoms with E-state index in [9.17, 15) is 0 Å². The molecule has 5 heteroatoms. The van der Waals surface area contributed by atoms with Crippen molar-refractivity contribution in [3.8, 4) is 0 Å². The van der Waals surface area contributed by atoms with E-state index in [1.165, 1.54) is 4.57 Å². The van der Waals surface area contributed by atoms with Gasteiger partial charge in [0.2, 0.25) is 5.62 Å². The Kier molecular flexibility index (Phi) is 3.47. The van der Waals surface area contributed by atoms with Gasteiger partial charge in [-0.2, -0.15) is 4.98 Å². The molecule has 0 aliphatic carbocycles. The molecule has 110 valence electrons. The van der Waals surface area contributed by atoms with Crippen LogP contribution in [-0.2, 0) is 0 Å². The molecule has 2 aromatic carbocycles. The summed E-state index contributed by atoms with van der Waals surface area (Å²) in [4.78, 5) is 6.39. The van der Waals surface area contributed by atoms with Gasteiger partial charge >= 0.3 is 0 Å². The molecule has 1 heterocycles. The van der Waals surface area contributed by atoms with E-state index in [4.69, 9.17) is 10.8 Å². The zero-order chi connectivity index (χ0) is 15.7. The second-order valence-electron chi connectivity index (χ2n) is 5.12. The van der Waals surface area contributed by atoms with Gasteiger partial charge in [-0.3, -0.25) is 15.4 Å². The number of aromatic nitrogens is 2. The SMILES string of the molecule is Cc1cccc2c1c(N(C)c1ccccc1)nc(=N)n2C=N. The molecule has 0 atom stereocenters. The summed E-state index contributed by atoms with van der Waals surface area (Å²) in [6, 6.07) is 15.8. The molecule has 22 heavy (non-hydrogen) atoms. The van der Waals surface area contributed by atoms with Crippen LogP contribution >= 0.6 is 0 Å². The van der Waals surface area contributed by atoms with Crippen molar-refractivity contribution in [2.45, 2.75) is 6.92 Å². The highest BCUT2D eigenvalue weighted by Gasteiger charge is 2.14. The minimum Gasteiger partial charge on any atom is -0.329 e. The van der Waals surface area contributed by atoms with Gasteiger partial charge in [0.05, 0.1) is 11.9 Å². The highest BCUT2D eigenvalue weighted by atomic mass is 15.2. The van der Waals surface area contributed by atoms with E-state index in [2.05, 4.69) is 4.98 Å². The van der Waals surface area contributed by atoms with Crippen molar-refractivity contribution < 1.29 is 0 Å². The van der Waals surface area contributed by atoms with Gasteiger partial charge in [-0.1, -0.05) is 30.3 Å². The van der Waals surface area contributed by atoms with Gasteiger partial charge in [0.25, 0.3) is 0 Å². The molecule has 0 radical (unpaired) electrons. The Bertz CT molecular complexity index is 896. The van der Waals surface area contributed by atoms with Crippen LogP contribution in [0.1, 0.15) is 5.56 Å². The fourth-order valence-corrected chi connectivity index (χ4v) is 2.62. The molecule has 0 aliphatic heterocycles. The van der Waals surface area contributed by atoms with Crippen molar-refractivity contribution in [2.75, 3.05) is 11.9 Å². The molecular weight excluding hydrogens is 274 g/mol. The number of benzene rings is 2. The molecular formula is C17H17N5. The Morgan fingerprint density at radius 1 is 1.09 bits per heavy atom. The van der Waals surface area contributed by atoms with Gasteiger partial charge in [0.15, 0.2) is 0 Å². The summed E-state index contributed by atoms with van der Waals surface area (Å²) in [5.41, 5.74) is 2.93. The lowest BCUT2D eigenvalue weighted by molar-refractivity contribution is 0.914.